The molecule has 0 aromatic rings. The predicted molar refractivity (Wildman–Crippen MR) is 64.8 cm³/mol. The maximum absolute atomic E-state index is 10.3. The Morgan fingerprint density at radius 2 is 2.00 bits per heavy atom. The molecule has 2 N–H and O–H groups in total. The number of carboxylic acid groups (broad SMARTS) is 1. The quantitative estimate of drug-likeness (QED) is 0.411. The lowest BCUT2D eigenvalue weighted by Gasteiger charge is -2.14. The summed E-state index contributed by atoms with van der Waals surface area (Å²) >= 11 is 2.14. The number of unbranched alkanes of at least 4 members (excludes halogenated alkanes) is 3. The van der Waals surface area contributed by atoms with E-state index in [4.69, 9.17) is 5.11 Å². The highest BCUT2D eigenvalue weighted by Crippen LogP contribution is 2.18. The fraction of sp³-hybridized carbons (Fsp3) is 0.900. The van der Waals surface area contributed by atoms with Crippen LogP contribution in [0.3, 0.4) is 0 Å². The van der Waals surface area contributed by atoms with Crippen molar-refractivity contribution in [2.75, 3.05) is 0 Å². The molecule has 0 fully saturated rings. The predicted octanol–water partition coefficient (Wildman–Crippen LogP) is 2.60. The Kier molecular flexibility index (Phi) is 8.56. The molecule has 4 heteroatoms. The summed E-state index contributed by atoms with van der Waals surface area (Å²) in [5.41, 5.74) is 0. The molecule has 84 valence electrons. The average molecular weight is 314 g/mol. The van der Waals surface area contributed by atoms with Gasteiger partial charge in [-0.05, 0) is 6.42 Å². The van der Waals surface area contributed by atoms with Gasteiger partial charge in [-0.25, -0.2) is 0 Å². The molecule has 0 radical (unpaired) electrons. The minimum Gasteiger partial charge on any atom is -0.481 e. The molecule has 0 spiro atoms. The van der Waals surface area contributed by atoms with E-state index in [0.29, 0.717) is 0 Å². The Labute approximate surface area is 99.0 Å². The maximum Gasteiger partial charge on any atom is 0.306 e. The number of aliphatic carboxylic acids is 1. The Hall–Kier alpha value is 0.160. The fourth-order valence-electron chi connectivity index (χ4n) is 1.27. The summed E-state index contributed by atoms with van der Waals surface area (Å²) in [5.74, 6) is -0.923. The van der Waals surface area contributed by atoms with Crippen molar-refractivity contribution in [2.24, 2.45) is 0 Å². The van der Waals surface area contributed by atoms with Gasteiger partial charge in [-0.1, -0.05) is 55.2 Å². The van der Waals surface area contributed by atoms with Crippen LogP contribution in [0.1, 0.15) is 45.4 Å². The monoisotopic (exact) mass is 314 g/mol. The molecule has 2 unspecified atom stereocenters. The van der Waals surface area contributed by atoms with Gasteiger partial charge in [0.05, 0.1) is 12.5 Å². The third-order valence-corrected chi connectivity index (χ3v) is 3.59. The zero-order valence-electron chi connectivity index (χ0n) is 8.58. The van der Waals surface area contributed by atoms with E-state index in [1.165, 1.54) is 19.3 Å². The summed E-state index contributed by atoms with van der Waals surface area (Å²) in [6, 6.07) is 0. The van der Waals surface area contributed by atoms with Crippen LogP contribution in [0.25, 0.3) is 0 Å². The number of hydrogen-bond acceptors (Lipinski definition) is 2. The van der Waals surface area contributed by atoms with Crippen LogP contribution < -0.4 is 0 Å². The SMILES string of the molecule is CCCCCCC(I)C(O)CC(=O)O. The van der Waals surface area contributed by atoms with Crippen molar-refractivity contribution in [3.05, 3.63) is 0 Å². The third-order valence-electron chi connectivity index (χ3n) is 2.13. The largest absolute Gasteiger partial charge is 0.481 e. The number of halogens is 1. The van der Waals surface area contributed by atoms with Crippen molar-refractivity contribution in [1.29, 1.82) is 0 Å². The number of alkyl halides is 1. The van der Waals surface area contributed by atoms with Crippen LogP contribution in [-0.4, -0.2) is 26.2 Å². The molecule has 14 heavy (non-hydrogen) atoms. The van der Waals surface area contributed by atoms with E-state index in [2.05, 4.69) is 29.5 Å². The van der Waals surface area contributed by atoms with Crippen LogP contribution in [0.5, 0.6) is 0 Å². The lowest BCUT2D eigenvalue weighted by molar-refractivity contribution is -0.139. The minimum atomic E-state index is -0.923. The lowest BCUT2D eigenvalue weighted by Crippen LogP contribution is -2.23. The molecule has 0 rings (SSSR count). The van der Waals surface area contributed by atoms with Gasteiger partial charge in [-0.15, -0.1) is 0 Å². The molecule has 2 atom stereocenters. The second-order valence-corrected chi connectivity index (χ2v) is 5.13. The minimum absolute atomic E-state index is 0.0700. The van der Waals surface area contributed by atoms with E-state index in [9.17, 15) is 9.90 Å². The molecule has 3 nitrogen and oxygen atoms in total. The van der Waals surface area contributed by atoms with Gasteiger partial charge >= 0.3 is 5.97 Å². The number of aliphatic hydroxyl groups excluding tert-OH is 1. The van der Waals surface area contributed by atoms with Gasteiger partial charge in [0, 0.05) is 3.92 Å². The summed E-state index contributed by atoms with van der Waals surface area (Å²) in [6.45, 7) is 2.15. The molecule has 0 bridgehead atoms. The van der Waals surface area contributed by atoms with Crippen LogP contribution in [-0.2, 0) is 4.79 Å². The molecular weight excluding hydrogens is 295 g/mol. The first kappa shape index (κ1) is 14.2. The molecule has 0 aromatic heterocycles. The summed E-state index contributed by atoms with van der Waals surface area (Å²) in [5, 5.41) is 17.9. The van der Waals surface area contributed by atoms with E-state index >= 15 is 0 Å². The van der Waals surface area contributed by atoms with Gasteiger partial charge in [0.1, 0.15) is 0 Å². The second kappa shape index (κ2) is 8.47. The van der Waals surface area contributed by atoms with Crippen molar-refractivity contribution in [2.45, 2.75) is 55.5 Å². The molecule has 0 aromatic carbocycles. The number of carboxylic acids is 1. The molecule has 0 saturated carbocycles. The lowest BCUT2D eigenvalue weighted by atomic mass is 10.1. The summed E-state index contributed by atoms with van der Waals surface area (Å²) in [6.07, 6.45) is 4.75. The van der Waals surface area contributed by atoms with E-state index in [-0.39, 0.29) is 10.3 Å². The molecule has 0 aliphatic heterocycles. The van der Waals surface area contributed by atoms with Gasteiger partial charge in [-0.3, -0.25) is 4.79 Å². The molecule has 0 heterocycles. The maximum atomic E-state index is 10.3. The van der Waals surface area contributed by atoms with Gasteiger partial charge in [0.2, 0.25) is 0 Å². The Balaban J connectivity index is 3.51. The summed E-state index contributed by atoms with van der Waals surface area (Å²) in [7, 11) is 0. The average Bonchev–Trinajstić information content (AvgIpc) is 2.11. The van der Waals surface area contributed by atoms with Crippen LogP contribution in [0, 0.1) is 0 Å². The van der Waals surface area contributed by atoms with Crippen LogP contribution >= 0.6 is 22.6 Å². The van der Waals surface area contributed by atoms with E-state index in [1.807, 2.05) is 0 Å². The molecular formula is C10H19IO3. The Bertz CT molecular complexity index is 161. The molecule has 0 saturated heterocycles. The highest BCUT2D eigenvalue weighted by atomic mass is 127. The van der Waals surface area contributed by atoms with E-state index < -0.39 is 12.1 Å². The van der Waals surface area contributed by atoms with Crippen molar-refractivity contribution in [3.63, 3.8) is 0 Å². The van der Waals surface area contributed by atoms with Crippen molar-refractivity contribution in [3.8, 4) is 0 Å². The normalized spacial score (nSPS) is 15.1. The topological polar surface area (TPSA) is 57.5 Å². The van der Waals surface area contributed by atoms with E-state index in [0.717, 1.165) is 12.8 Å². The van der Waals surface area contributed by atoms with Gasteiger partial charge in [-0.2, -0.15) is 0 Å². The summed E-state index contributed by atoms with van der Waals surface area (Å²) in [4.78, 5) is 10.3. The third kappa shape index (κ3) is 7.55. The van der Waals surface area contributed by atoms with Crippen LogP contribution in [0.15, 0.2) is 0 Å². The molecule has 0 aliphatic rings. The highest BCUT2D eigenvalue weighted by molar-refractivity contribution is 14.1. The molecule has 0 aliphatic carbocycles. The van der Waals surface area contributed by atoms with Gasteiger partial charge in [0.25, 0.3) is 0 Å². The number of carbonyl (C=O) groups is 1. The Morgan fingerprint density at radius 1 is 1.36 bits per heavy atom. The van der Waals surface area contributed by atoms with Crippen molar-refractivity contribution >= 4 is 28.6 Å². The summed E-state index contributed by atoms with van der Waals surface area (Å²) < 4.78 is 0.0700. The highest BCUT2D eigenvalue weighted by Gasteiger charge is 2.18. The first-order valence-corrected chi connectivity index (χ1v) is 6.36. The first-order chi connectivity index (χ1) is 6.57. The van der Waals surface area contributed by atoms with E-state index in [1.54, 1.807) is 0 Å². The van der Waals surface area contributed by atoms with Crippen LogP contribution in [0.2, 0.25) is 0 Å². The zero-order valence-corrected chi connectivity index (χ0v) is 10.7. The van der Waals surface area contributed by atoms with Crippen molar-refractivity contribution < 1.29 is 15.0 Å². The first-order valence-electron chi connectivity index (χ1n) is 5.11. The van der Waals surface area contributed by atoms with Crippen molar-refractivity contribution in [1.82, 2.24) is 0 Å². The zero-order chi connectivity index (χ0) is 11.0. The van der Waals surface area contributed by atoms with Gasteiger partial charge in [0.15, 0.2) is 0 Å². The molecule has 0 amide bonds. The second-order valence-electron chi connectivity index (χ2n) is 3.53. The number of rotatable bonds is 8. The Morgan fingerprint density at radius 3 is 2.50 bits per heavy atom. The number of hydrogen-bond donors (Lipinski definition) is 2. The fourth-order valence-corrected chi connectivity index (χ4v) is 1.96. The van der Waals surface area contributed by atoms with Crippen LogP contribution in [0.4, 0.5) is 0 Å². The number of aliphatic hydroxyl groups is 1. The smallest absolute Gasteiger partial charge is 0.306 e. The standard InChI is InChI=1S/C10H19IO3/c1-2-3-4-5-6-8(11)9(12)7-10(13)14/h8-9,12H,2-7H2,1H3,(H,13,14). The van der Waals surface area contributed by atoms with Gasteiger partial charge < -0.3 is 10.2 Å².